The lowest BCUT2D eigenvalue weighted by atomic mass is 10.2. The number of nitrogens with zero attached hydrogens (tertiary/aromatic N) is 1. The van der Waals surface area contributed by atoms with Gasteiger partial charge in [0.15, 0.2) is 0 Å². The molecule has 1 atom stereocenters. The van der Waals surface area contributed by atoms with Crippen LogP contribution in [-0.4, -0.2) is 26.8 Å². The van der Waals surface area contributed by atoms with Gasteiger partial charge in [0, 0.05) is 13.1 Å². The molecule has 0 aromatic heterocycles. The Hall–Kier alpha value is -1.28. The Bertz CT molecular complexity index is 572. The minimum Gasteiger partial charge on any atom is -0.329 e. The third kappa shape index (κ3) is 2.55. The highest BCUT2D eigenvalue weighted by atomic mass is 32.2. The average Bonchev–Trinajstić information content (AvgIpc) is 2.63. The van der Waals surface area contributed by atoms with E-state index in [9.17, 15) is 21.6 Å². The van der Waals surface area contributed by atoms with Crippen molar-refractivity contribution in [3.05, 3.63) is 29.8 Å². The molecule has 0 spiro atoms. The number of halogens is 3. The molecule has 1 aliphatic heterocycles. The van der Waals surface area contributed by atoms with Crippen LogP contribution < -0.4 is 10.0 Å². The fourth-order valence-corrected chi connectivity index (χ4v) is 3.84. The van der Waals surface area contributed by atoms with Gasteiger partial charge in [0.25, 0.3) is 0 Å². The lowest BCUT2D eigenvalue weighted by Gasteiger charge is -2.19. The highest BCUT2D eigenvalue weighted by Crippen LogP contribution is 2.34. The molecule has 2 N–H and O–H groups in total. The smallest absolute Gasteiger partial charge is 0.329 e. The standard InChI is InChI=1S/C11H13F3N2O2S/c12-11(13,14)8-2-1-3-9(6-8)16-5-4-10(7-15)19(16,17)18/h1-3,6,10H,4-5,7,15H2/t10-/m0/s1. The van der Waals surface area contributed by atoms with Gasteiger partial charge in [-0.2, -0.15) is 13.2 Å². The zero-order valence-electron chi connectivity index (χ0n) is 9.89. The first-order chi connectivity index (χ1) is 8.76. The van der Waals surface area contributed by atoms with Gasteiger partial charge in [0.1, 0.15) is 0 Å². The summed E-state index contributed by atoms with van der Waals surface area (Å²) in [6, 6.07) is 4.30. The summed E-state index contributed by atoms with van der Waals surface area (Å²) >= 11 is 0. The molecule has 1 aliphatic rings. The van der Waals surface area contributed by atoms with Crippen molar-refractivity contribution in [2.45, 2.75) is 17.8 Å². The monoisotopic (exact) mass is 294 g/mol. The molecule has 0 saturated carbocycles. The molecule has 0 unspecified atom stereocenters. The van der Waals surface area contributed by atoms with Crippen LogP contribution in [0.1, 0.15) is 12.0 Å². The first-order valence-electron chi connectivity index (χ1n) is 5.65. The van der Waals surface area contributed by atoms with E-state index in [1.807, 2.05) is 0 Å². The molecule has 1 aromatic carbocycles. The van der Waals surface area contributed by atoms with E-state index in [0.717, 1.165) is 16.4 Å². The maximum Gasteiger partial charge on any atom is 0.416 e. The second-order valence-electron chi connectivity index (χ2n) is 4.31. The normalized spacial score (nSPS) is 22.7. The summed E-state index contributed by atoms with van der Waals surface area (Å²) in [5.74, 6) is 0. The van der Waals surface area contributed by atoms with Crippen molar-refractivity contribution in [3.8, 4) is 0 Å². The van der Waals surface area contributed by atoms with Gasteiger partial charge in [0.05, 0.1) is 16.5 Å². The molecule has 0 bridgehead atoms. The maximum absolute atomic E-state index is 12.6. The van der Waals surface area contributed by atoms with E-state index in [0.29, 0.717) is 6.42 Å². The summed E-state index contributed by atoms with van der Waals surface area (Å²) in [7, 11) is -3.65. The van der Waals surface area contributed by atoms with Crippen LogP contribution in [0.4, 0.5) is 18.9 Å². The van der Waals surface area contributed by atoms with E-state index < -0.39 is 27.0 Å². The van der Waals surface area contributed by atoms with E-state index in [1.54, 1.807) is 0 Å². The van der Waals surface area contributed by atoms with Crippen LogP contribution in [0, 0.1) is 0 Å². The van der Waals surface area contributed by atoms with Gasteiger partial charge < -0.3 is 5.73 Å². The van der Waals surface area contributed by atoms with Crippen molar-refractivity contribution < 1.29 is 21.6 Å². The number of rotatable bonds is 2. The summed E-state index contributed by atoms with van der Waals surface area (Å²) in [6.45, 7) is 0.128. The van der Waals surface area contributed by atoms with Crippen molar-refractivity contribution in [3.63, 3.8) is 0 Å². The third-order valence-electron chi connectivity index (χ3n) is 3.11. The molecule has 1 saturated heterocycles. The van der Waals surface area contributed by atoms with Crippen molar-refractivity contribution in [2.75, 3.05) is 17.4 Å². The summed E-state index contributed by atoms with van der Waals surface area (Å²) in [5.41, 5.74) is 4.53. The lowest BCUT2D eigenvalue weighted by Crippen LogP contribution is -2.33. The molecule has 0 amide bonds. The number of benzene rings is 1. The minimum absolute atomic E-state index is 0.0300. The van der Waals surface area contributed by atoms with Gasteiger partial charge in [-0.1, -0.05) is 6.07 Å². The Labute approximate surface area is 109 Å². The van der Waals surface area contributed by atoms with Gasteiger partial charge in [-0.05, 0) is 24.6 Å². The van der Waals surface area contributed by atoms with Crippen LogP contribution in [0.2, 0.25) is 0 Å². The summed E-state index contributed by atoms with van der Waals surface area (Å²) in [4.78, 5) is 0. The third-order valence-corrected chi connectivity index (χ3v) is 5.39. The predicted octanol–water partition coefficient (Wildman–Crippen LogP) is 1.57. The van der Waals surface area contributed by atoms with Gasteiger partial charge in [-0.3, -0.25) is 4.31 Å². The van der Waals surface area contributed by atoms with Gasteiger partial charge in [0.2, 0.25) is 10.0 Å². The topological polar surface area (TPSA) is 63.4 Å². The summed E-state index contributed by atoms with van der Waals surface area (Å²) in [5, 5.41) is -0.720. The van der Waals surface area contributed by atoms with Gasteiger partial charge in [-0.15, -0.1) is 0 Å². The molecule has 1 aromatic rings. The van der Waals surface area contributed by atoms with Gasteiger partial charge in [-0.25, -0.2) is 8.42 Å². The van der Waals surface area contributed by atoms with E-state index in [2.05, 4.69) is 0 Å². The van der Waals surface area contributed by atoms with Crippen molar-refractivity contribution in [1.29, 1.82) is 0 Å². The van der Waals surface area contributed by atoms with Crippen LogP contribution >= 0.6 is 0 Å². The first-order valence-corrected chi connectivity index (χ1v) is 7.16. The quantitative estimate of drug-likeness (QED) is 0.900. The molecule has 19 heavy (non-hydrogen) atoms. The number of hydrogen-bond donors (Lipinski definition) is 1. The molecule has 1 heterocycles. The second-order valence-corrected chi connectivity index (χ2v) is 6.45. The Kier molecular flexibility index (Phi) is 3.48. The Balaban J connectivity index is 2.39. The number of nitrogens with two attached hydrogens (primary N) is 1. The Morgan fingerprint density at radius 2 is 2.05 bits per heavy atom. The molecule has 0 aliphatic carbocycles. The number of alkyl halides is 3. The molecule has 106 valence electrons. The summed E-state index contributed by atoms with van der Waals surface area (Å²) < 4.78 is 62.9. The van der Waals surface area contributed by atoms with Crippen LogP contribution in [-0.2, 0) is 16.2 Å². The van der Waals surface area contributed by atoms with Crippen LogP contribution in [0.25, 0.3) is 0 Å². The molecule has 2 rings (SSSR count). The summed E-state index contributed by atoms with van der Waals surface area (Å²) in [6.07, 6.45) is -4.16. The SMILES string of the molecule is NC[C@@H]1CCN(c2cccc(C(F)(F)F)c2)S1(=O)=O. The van der Waals surface area contributed by atoms with Gasteiger partial charge >= 0.3 is 6.18 Å². The van der Waals surface area contributed by atoms with Crippen molar-refractivity contribution in [1.82, 2.24) is 0 Å². The molecular formula is C11H13F3N2O2S. The second kappa shape index (κ2) is 4.68. The van der Waals surface area contributed by atoms with Crippen LogP contribution in [0.5, 0.6) is 0 Å². The van der Waals surface area contributed by atoms with E-state index >= 15 is 0 Å². The number of hydrogen-bond acceptors (Lipinski definition) is 3. The Morgan fingerprint density at radius 3 is 2.58 bits per heavy atom. The van der Waals surface area contributed by atoms with Crippen molar-refractivity contribution >= 4 is 15.7 Å². The predicted molar refractivity (Wildman–Crippen MR) is 65.2 cm³/mol. The number of anilines is 1. The maximum atomic E-state index is 12.6. The molecule has 8 heteroatoms. The zero-order chi connectivity index (χ0) is 14.3. The van der Waals surface area contributed by atoms with E-state index in [-0.39, 0.29) is 18.8 Å². The van der Waals surface area contributed by atoms with Crippen LogP contribution in [0.3, 0.4) is 0 Å². The van der Waals surface area contributed by atoms with Crippen molar-refractivity contribution in [2.24, 2.45) is 5.73 Å². The average molecular weight is 294 g/mol. The zero-order valence-corrected chi connectivity index (χ0v) is 10.7. The largest absolute Gasteiger partial charge is 0.416 e. The fraction of sp³-hybridized carbons (Fsp3) is 0.455. The highest BCUT2D eigenvalue weighted by Gasteiger charge is 2.39. The Morgan fingerprint density at radius 1 is 1.37 bits per heavy atom. The van der Waals surface area contributed by atoms with E-state index in [4.69, 9.17) is 5.73 Å². The molecule has 1 fully saturated rings. The number of sulfonamides is 1. The van der Waals surface area contributed by atoms with E-state index in [1.165, 1.54) is 12.1 Å². The highest BCUT2D eigenvalue weighted by molar-refractivity contribution is 7.93. The fourth-order valence-electron chi connectivity index (χ4n) is 2.07. The molecular weight excluding hydrogens is 281 g/mol. The minimum atomic E-state index is -4.49. The molecule has 4 nitrogen and oxygen atoms in total. The van der Waals surface area contributed by atoms with Crippen LogP contribution in [0.15, 0.2) is 24.3 Å². The molecule has 0 radical (unpaired) electrons. The first kappa shape index (κ1) is 14.1. The lowest BCUT2D eigenvalue weighted by molar-refractivity contribution is -0.137.